The summed E-state index contributed by atoms with van der Waals surface area (Å²) in [5, 5.41) is 2.85. The fourth-order valence-corrected chi connectivity index (χ4v) is 3.03. The first kappa shape index (κ1) is 17.8. The number of pyridine rings is 1. The summed E-state index contributed by atoms with van der Waals surface area (Å²) in [6.45, 7) is 7.09. The number of hydrogen-bond donors (Lipinski definition) is 2. The van der Waals surface area contributed by atoms with Gasteiger partial charge in [0.05, 0.1) is 5.52 Å². The third-order valence-corrected chi connectivity index (χ3v) is 4.54. The highest BCUT2D eigenvalue weighted by Gasteiger charge is 2.15. The van der Waals surface area contributed by atoms with E-state index in [1.165, 1.54) is 24.3 Å². The SMILES string of the molecule is Cc1nc(N)c2nc(C)n(CCCNC(=O)c3ccc(F)cc3)c2c1C. The molecule has 3 rings (SSSR count). The Morgan fingerprint density at radius 1 is 1.19 bits per heavy atom. The monoisotopic (exact) mass is 355 g/mol. The molecule has 26 heavy (non-hydrogen) atoms. The van der Waals surface area contributed by atoms with E-state index in [9.17, 15) is 9.18 Å². The maximum atomic E-state index is 12.9. The van der Waals surface area contributed by atoms with Crippen molar-refractivity contribution < 1.29 is 9.18 Å². The Morgan fingerprint density at radius 3 is 2.58 bits per heavy atom. The summed E-state index contributed by atoms with van der Waals surface area (Å²) in [7, 11) is 0. The molecule has 0 radical (unpaired) electrons. The van der Waals surface area contributed by atoms with Gasteiger partial charge in [-0.1, -0.05) is 0 Å². The molecule has 0 spiro atoms. The lowest BCUT2D eigenvalue weighted by molar-refractivity contribution is 0.0952. The lowest BCUT2D eigenvalue weighted by atomic mass is 10.2. The van der Waals surface area contributed by atoms with Gasteiger partial charge in [0.1, 0.15) is 17.2 Å². The molecule has 0 unspecified atom stereocenters. The summed E-state index contributed by atoms with van der Waals surface area (Å²) >= 11 is 0. The van der Waals surface area contributed by atoms with Gasteiger partial charge in [0.25, 0.3) is 5.91 Å². The van der Waals surface area contributed by atoms with Crippen LogP contribution in [0.5, 0.6) is 0 Å². The van der Waals surface area contributed by atoms with Crippen molar-refractivity contribution in [1.82, 2.24) is 19.9 Å². The number of carbonyl (C=O) groups excluding carboxylic acids is 1. The van der Waals surface area contributed by atoms with Gasteiger partial charge < -0.3 is 15.6 Å². The molecule has 0 fully saturated rings. The molecule has 136 valence electrons. The summed E-state index contributed by atoms with van der Waals surface area (Å²) in [4.78, 5) is 20.9. The van der Waals surface area contributed by atoms with Crippen LogP contribution in [0.25, 0.3) is 11.0 Å². The Bertz CT molecular complexity index is 962. The maximum absolute atomic E-state index is 12.9. The summed E-state index contributed by atoms with van der Waals surface area (Å²) in [5.41, 5.74) is 10.1. The molecule has 0 bridgehead atoms. The number of aromatic nitrogens is 3. The molecule has 3 N–H and O–H groups in total. The minimum atomic E-state index is -0.358. The average Bonchev–Trinajstić information content (AvgIpc) is 2.94. The smallest absolute Gasteiger partial charge is 0.251 e. The number of amides is 1. The van der Waals surface area contributed by atoms with E-state index in [0.29, 0.717) is 24.5 Å². The highest BCUT2D eigenvalue weighted by atomic mass is 19.1. The van der Waals surface area contributed by atoms with Crippen molar-refractivity contribution in [3.8, 4) is 0 Å². The fraction of sp³-hybridized carbons (Fsp3) is 0.316. The number of hydrogen-bond acceptors (Lipinski definition) is 4. The second-order valence-electron chi connectivity index (χ2n) is 6.33. The second kappa shape index (κ2) is 7.11. The molecular formula is C19H22FN5O. The highest BCUT2D eigenvalue weighted by Crippen LogP contribution is 2.25. The highest BCUT2D eigenvalue weighted by molar-refractivity contribution is 5.94. The van der Waals surface area contributed by atoms with E-state index in [4.69, 9.17) is 5.73 Å². The van der Waals surface area contributed by atoms with Gasteiger partial charge in [0.15, 0.2) is 5.82 Å². The Kier molecular flexibility index (Phi) is 4.88. The van der Waals surface area contributed by atoms with Crippen LogP contribution in [0.2, 0.25) is 0 Å². The minimum Gasteiger partial charge on any atom is -0.382 e. The maximum Gasteiger partial charge on any atom is 0.251 e. The third-order valence-electron chi connectivity index (χ3n) is 4.54. The minimum absolute atomic E-state index is 0.210. The van der Waals surface area contributed by atoms with Crippen LogP contribution in [0, 0.1) is 26.6 Å². The number of benzene rings is 1. The number of imidazole rings is 1. The zero-order chi connectivity index (χ0) is 18.8. The lowest BCUT2D eigenvalue weighted by Gasteiger charge is -2.11. The number of halogens is 1. The van der Waals surface area contributed by atoms with Crippen LogP contribution in [0.1, 0.15) is 33.9 Å². The molecule has 2 heterocycles. The van der Waals surface area contributed by atoms with Gasteiger partial charge in [-0.2, -0.15) is 0 Å². The van der Waals surface area contributed by atoms with Crippen LogP contribution in [0.3, 0.4) is 0 Å². The first-order chi connectivity index (χ1) is 12.4. The Hall–Kier alpha value is -2.96. The molecule has 3 aromatic rings. The van der Waals surface area contributed by atoms with Gasteiger partial charge in [-0.3, -0.25) is 4.79 Å². The van der Waals surface area contributed by atoms with Crippen LogP contribution in [-0.4, -0.2) is 27.0 Å². The molecule has 6 nitrogen and oxygen atoms in total. The van der Waals surface area contributed by atoms with Crippen molar-refractivity contribution in [3.05, 3.63) is 52.7 Å². The number of rotatable bonds is 5. The Labute approximate surface area is 151 Å². The van der Waals surface area contributed by atoms with Gasteiger partial charge in [-0.25, -0.2) is 14.4 Å². The van der Waals surface area contributed by atoms with Crippen molar-refractivity contribution >= 4 is 22.8 Å². The van der Waals surface area contributed by atoms with E-state index in [0.717, 1.165) is 34.5 Å². The molecule has 1 aromatic carbocycles. The topological polar surface area (TPSA) is 85.8 Å². The first-order valence-electron chi connectivity index (χ1n) is 8.51. The van der Waals surface area contributed by atoms with Crippen molar-refractivity contribution in [2.75, 3.05) is 12.3 Å². The normalized spacial score (nSPS) is 11.1. The number of anilines is 1. The quantitative estimate of drug-likeness (QED) is 0.689. The number of nitrogens with zero attached hydrogens (tertiary/aromatic N) is 3. The molecule has 0 saturated carbocycles. The average molecular weight is 355 g/mol. The van der Waals surface area contributed by atoms with Crippen molar-refractivity contribution in [2.24, 2.45) is 0 Å². The zero-order valence-electron chi connectivity index (χ0n) is 15.1. The lowest BCUT2D eigenvalue weighted by Crippen LogP contribution is -2.25. The second-order valence-corrected chi connectivity index (χ2v) is 6.33. The van der Waals surface area contributed by atoms with Crippen molar-refractivity contribution in [3.63, 3.8) is 0 Å². The molecule has 0 saturated heterocycles. The van der Waals surface area contributed by atoms with Gasteiger partial charge in [0.2, 0.25) is 0 Å². The number of nitrogens with one attached hydrogen (secondary N) is 1. The third kappa shape index (κ3) is 3.37. The van der Waals surface area contributed by atoms with Crippen LogP contribution in [0.4, 0.5) is 10.2 Å². The number of carbonyl (C=O) groups is 1. The summed E-state index contributed by atoms with van der Waals surface area (Å²) in [6.07, 6.45) is 0.736. The van der Waals surface area contributed by atoms with Crippen LogP contribution in [0.15, 0.2) is 24.3 Å². The summed E-state index contributed by atoms with van der Waals surface area (Å²) < 4.78 is 15.0. The van der Waals surface area contributed by atoms with Crippen LogP contribution >= 0.6 is 0 Å². The number of nitrogen functional groups attached to an aromatic ring is 1. The zero-order valence-corrected chi connectivity index (χ0v) is 15.1. The number of fused-ring (bicyclic) bond motifs is 1. The van der Waals surface area contributed by atoms with E-state index in [2.05, 4.69) is 19.9 Å². The predicted octanol–water partition coefficient (Wildman–Crippen LogP) is 2.90. The molecule has 0 aliphatic carbocycles. The summed E-state index contributed by atoms with van der Waals surface area (Å²) in [6, 6.07) is 5.50. The van der Waals surface area contributed by atoms with Gasteiger partial charge in [-0.15, -0.1) is 0 Å². The van der Waals surface area contributed by atoms with Crippen molar-refractivity contribution in [1.29, 1.82) is 0 Å². The molecule has 7 heteroatoms. The van der Waals surface area contributed by atoms with Gasteiger partial charge in [0, 0.05) is 24.3 Å². The van der Waals surface area contributed by atoms with Crippen LogP contribution in [-0.2, 0) is 6.54 Å². The standard InChI is InChI=1S/C19H22FN5O/c1-11-12(2)23-18(21)16-17(11)25(13(3)24-16)10-4-9-22-19(26)14-5-7-15(20)8-6-14/h5-8H,4,9-10H2,1-3H3,(H2,21,23)(H,22,26). The molecule has 2 aromatic heterocycles. The van der Waals surface area contributed by atoms with E-state index in [-0.39, 0.29) is 11.7 Å². The number of nitrogens with two attached hydrogens (primary N) is 1. The Morgan fingerprint density at radius 2 is 1.88 bits per heavy atom. The Balaban J connectivity index is 1.68. The molecular weight excluding hydrogens is 333 g/mol. The first-order valence-corrected chi connectivity index (χ1v) is 8.51. The fourth-order valence-electron chi connectivity index (χ4n) is 3.03. The largest absolute Gasteiger partial charge is 0.382 e. The van der Waals surface area contributed by atoms with Gasteiger partial charge >= 0.3 is 0 Å². The van der Waals surface area contributed by atoms with E-state index >= 15 is 0 Å². The van der Waals surface area contributed by atoms with E-state index in [1.54, 1.807) is 0 Å². The van der Waals surface area contributed by atoms with E-state index < -0.39 is 0 Å². The predicted molar refractivity (Wildman–Crippen MR) is 99.5 cm³/mol. The van der Waals surface area contributed by atoms with E-state index in [1.807, 2.05) is 20.8 Å². The molecule has 0 atom stereocenters. The van der Waals surface area contributed by atoms with Gasteiger partial charge in [-0.05, 0) is 57.0 Å². The molecule has 1 amide bonds. The van der Waals surface area contributed by atoms with Crippen molar-refractivity contribution in [2.45, 2.75) is 33.7 Å². The molecule has 0 aliphatic heterocycles. The van der Waals surface area contributed by atoms with Crippen LogP contribution < -0.4 is 11.1 Å². The number of aryl methyl sites for hydroxylation is 4. The summed E-state index contributed by atoms with van der Waals surface area (Å²) in [5.74, 6) is 0.739. The molecule has 0 aliphatic rings.